The summed E-state index contributed by atoms with van der Waals surface area (Å²) in [5, 5.41) is 11.3. The van der Waals surface area contributed by atoms with E-state index in [9.17, 15) is 4.79 Å². The molecule has 1 atom stereocenters. The maximum absolute atomic E-state index is 12.6. The highest BCUT2D eigenvalue weighted by molar-refractivity contribution is 7.08. The normalized spacial score (nSPS) is 32.6. The second-order valence-electron chi connectivity index (χ2n) is 9.09. The van der Waals surface area contributed by atoms with E-state index in [4.69, 9.17) is 4.52 Å². The van der Waals surface area contributed by atoms with Gasteiger partial charge in [-0.2, -0.15) is 16.3 Å². The van der Waals surface area contributed by atoms with Gasteiger partial charge >= 0.3 is 0 Å². The van der Waals surface area contributed by atoms with Gasteiger partial charge in [0.15, 0.2) is 0 Å². The van der Waals surface area contributed by atoms with Crippen molar-refractivity contribution in [3.8, 4) is 11.4 Å². The molecule has 2 heterocycles. The summed E-state index contributed by atoms with van der Waals surface area (Å²) in [6, 6.07) is 2.24. The molecule has 0 spiro atoms. The molecule has 6 rings (SSSR count). The van der Waals surface area contributed by atoms with Gasteiger partial charge in [0.1, 0.15) is 0 Å². The van der Waals surface area contributed by atoms with Crippen LogP contribution in [0.3, 0.4) is 0 Å². The molecule has 2 aromatic rings. The van der Waals surface area contributed by atoms with Crippen LogP contribution in [-0.2, 0) is 11.2 Å². The third-order valence-corrected chi connectivity index (χ3v) is 7.88. The zero-order valence-electron chi connectivity index (χ0n) is 15.8. The first-order valence-electron chi connectivity index (χ1n) is 10.2. The zero-order valence-corrected chi connectivity index (χ0v) is 16.6. The van der Waals surface area contributed by atoms with Crippen molar-refractivity contribution >= 4 is 17.2 Å². The summed E-state index contributed by atoms with van der Waals surface area (Å²) in [5.74, 6) is 3.97. The summed E-state index contributed by atoms with van der Waals surface area (Å²) in [4.78, 5) is 17.0. The molecule has 4 bridgehead atoms. The molecule has 4 aliphatic carbocycles. The Kier molecular flexibility index (Phi) is 4.34. The van der Waals surface area contributed by atoms with Crippen LogP contribution in [0.5, 0.6) is 0 Å². The molecule has 4 saturated carbocycles. The summed E-state index contributed by atoms with van der Waals surface area (Å²) in [5.41, 5.74) is 1.32. The highest BCUT2D eigenvalue weighted by Crippen LogP contribution is 2.61. The predicted molar refractivity (Wildman–Crippen MR) is 104 cm³/mol. The van der Waals surface area contributed by atoms with Crippen molar-refractivity contribution in [2.45, 2.75) is 64.3 Å². The number of nitrogens with zero attached hydrogens (tertiary/aromatic N) is 2. The summed E-state index contributed by atoms with van der Waals surface area (Å²) < 4.78 is 5.31. The number of amides is 1. The summed E-state index contributed by atoms with van der Waals surface area (Å²) in [7, 11) is 0. The molecular formula is C21H27N3O2S. The van der Waals surface area contributed by atoms with Crippen LogP contribution in [0.4, 0.5) is 0 Å². The van der Waals surface area contributed by atoms with Crippen molar-refractivity contribution in [1.29, 1.82) is 0 Å². The highest BCUT2D eigenvalue weighted by Gasteiger charge is 2.53. The molecule has 4 aliphatic rings. The number of carbonyl (C=O) groups is 1. The Morgan fingerprint density at radius 2 is 2.00 bits per heavy atom. The number of aryl methyl sites for hydroxylation is 1. The molecule has 144 valence electrons. The number of aromatic nitrogens is 2. The van der Waals surface area contributed by atoms with Crippen molar-refractivity contribution in [1.82, 2.24) is 15.5 Å². The lowest BCUT2D eigenvalue weighted by Gasteiger charge is -2.59. The number of hydrogen-bond donors (Lipinski definition) is 1. The van der Waals surface area contributed by atoms with E-state index < -0.39 is 0 Å². The Morgan fingerprint density at radius 3 is 2.63 bits per heavy atom. The van der Waals surface area contributed by atoms with Crippen LogP contribution >= 0.6 is 11.3 Å². The first-order chi connectivity index (χ1) is 13.1. The van der Waals surface area contributed by atoms with Gasteiger partial charge in [-0.25, -0.2) is 0 Å². The van der Waals surface area contributed by atoms with Crippen LogP contribution in [-0.4, -0.2) is 22.1 Å². The molecule has 27 heavy (non-hydrogen) atoms. The molecule has 0 radical (unpaired) electrons. The van der Waals surface area contributed by atoms with E-state index in [-0.39, 0.29) is 11.9 Å². The zero-order chi connectivity index (χ0) is 18.4. The largest absolute Gasteiger partial charge is 0.353 e. The van der Waals surface area contributed by atoms with Gasteiger partial charge in [-0.15, -0.1) is 0 Å². The second kappa shape index (κ2) is 6.73. The fourth-order valence-electron chi connectivity index (χ4n) is 6.26. The Hall–Kier alpha value is -1.69. The monoisotopic (exact) mass is 385 g/mol. The van der Waals surface area contributed by atoms with E-state index in [0.29, 0.717) is 30.0 Å². The van der Waals surface area contributed by atoms with Gasteiger partial charge in [0, 0.05) is 29.8 Å². The maximum atomic E-state index is 12.6. The average molecular weight is 386 g/mol. The summed E-state index contributed by atoms with van der Waals surface area (Å²) >= 11 is 1.61. The van der Waals surface area contributed by atoms with E-state index in [2.05, 4.69) is 22.4 Å². The number of nitrogens with one attached hydrogen (secondary N) is 1. The molecular weight excluding hydrogens is 358 g/mol. The molecule has 5 nitrogen and oxygen atoms in total. The van der Waals surface area contributed by atoms with E-state index in [1.165, 1.54) is 38.5 Å². The molecule has 4 fully saturated rings. The van der Waals surface area contributed by atoms with E-state index in [1.807, 2.05) is 16.8 Å². The fraction of sp³-hybridized carbons (Fsp3) is 0.667. The smallest absolute Gasteiger partial charge is 0.227 e. The molecule has 1 amide bonds. The van der Waals surface area contributed by atoms with Crippen LogP contribution in [0, 0.1) is 23.2 Å². The summed E-state index contributed by atoms with van der Waals surface area (Å²) in [6.45, 7) is 2.23. The number of hydrogen-bond acceptors (Lipinski definition) is 5. The third kappa shape index (κ3) is 3.33. The Bertz CT molecular complexity index is 778. The standard InChI is InChI=1S/C21H27N3O2S/c1-13(21-9-14-6-15(10-21)8-16(7-14)11-21)22-18(25)2-3-19-23-20(24-26-19)17-4-5-27-12-17/h4-5,12-16H,2-3,6-11H2,1H3,(H,22,25). The van der Waals surface area contributed by atoms with Gasteiger partial charge in [0.2, 0.25) is 17.6 Å². The number of carbonyl (C=O) groups excluding carboxylic acids is 1. The third-order valence-electron chi connectivity index (χ3n) is 7.20. The van der Waals surface area contributed by atoms with Crippen molar-refractivity contribution in [3.05, 3.63) is 22.7 Å². The number of rotatable bonds is 6. The Balaban J connectivity index is 1.17. The minimum atomic E-state index is 0.105. The van der Waals surface area contributed by atoms with Gasteiger partial charge in [-0.1, -0.05) is 5.16 Å². The highest BCUT2D eigenvalue weighted by atomic mass is 32.1. The molecule has 0 saturated heterocycles. The minimum absolute atomic E-state index is 0.105. The molecule has 0 aliphatic heterocycles. The first-order valence-corrected chi connectivity index (χ1v) is 11.2. The predicted octanol–water partition coefficient (Wildman–Crippen LogP) is 4.45. The van der Waals surface area contributed by atoms with Crippen LogP contribution in [0.15, 0.2) is 21.3 Å². The van der Waals surface area contributed by atoms with E-state index in [1.54, 1.807) is 11.3 Å². The minimum Gasteiger partial charge on any atom is -0.353 e. The molecule has 1 N–H and O–H groups in total. The van der Waals surface area contributed by atoms with Crippen molar-refractivity contribution in [2.75, 3.05) is 0 Å². The van der Waals surface area contributed by atoms with Gasteiger partial charge in [-0.05, 0) is 80.1 Å². The van der Waals surface area contributed by atoms with Crippen LogP contribution < -0.4 is 5.32 Å². The number of thiophene rings is 1. The van der Waals surface area contributed by atoms with Crippen LogP contribution in [0.2, 0.25) is 0 Å². The SMILES string of the molecule is CC(NC(=O)CCc1nc(-c2ccsc2)no1)C12CC3CC(CC(C3)C1)C2. The Morgan fingerprint density at radius 1 is 1.30 bits per heavy atom. The molecule has 6 heteroatoms. The average Bonchev–Trinajstić information content (AvgIpc) is 3.30. The molecule has 2 aromatic heterocycles. The van der Waals surface area contributed by atoms with Gasteiger partial charge in [-0.3, -0.25) is 4.79 Å². The van der Waals surface area contributed by atoms with Crippen molar-refractivity contribution in [3.63, 3.8) is 0 Å². The Labute approximate surface area is 163 Å². The molecule has 0 aromatic carbocycles. The fourth-order valence-corrected chi connectivity index (χ4v) is 6.89. The first kappa shape index (κ1) is 17.4. The lowest BCUT2D eigenvalue weighted by Crippen LogP contribution is -2.55. The van der Waals surface area contributed by atoms with Crippen LogP contribution in [0.25, 0.3) is 11.4 Å². The topological polar surface area (TPSA) is 68.0 Å². The lowest BCUT2D eigenvalue weighted by atomic mass is 9.48. The van der Waals surface area contributed by atoms with Gasteiger partial charge < -0.3 is 9.84 Å². The van der Waals surface area contributed by atoms with E-state index in [0.717, 1.165) is 23.3 Å². The van der Waals surface area contributed by atoms with Crippen molar-refractivity contribution in [2.24, 2.45) is 23.2 Å². The maximum Gasteiger partial charge on any atom is 0.227 e. The van der Waals surface area contributed by atoms with Crippen LogP contribution in [0.1, 0.15) is 57.8 Å². The van der Waals surface area contributed by atoms with Gasteiger partial charge in [0.25, 0.3) is 0 Å². The molecule has 1 unspecified atom stereocenters. The quantitative estimate of drug-likeness (QED) is 0.797. The second-order valence-corrected chi connectivity index (χ2v) is 9.87. The van der Waals surface area contributed by atoms with Gasteiger partial charge in [0.05, 0.1) is 0 Å². The van der Waals surface area contributed by atoms with E-state index >= 15 is 0 Å². The lowest BCUT2D eigenvalue weighted by molar-refractivity contribution is -0.125. The van der Waals surface area contributed by atoms with Crippen molar-refractivity contribution < 1.29 is 9.32 Å². The summed E-state index contributed by atoms with van der Waals surface area (Å²) in [6.07, 6.45) is 9.14.